The summed E-state index contributed by atoms with van der Waals surface area (Å²) in [5.74, 6) is 0.0108. The van der Waals surface area contributed by atoms with Crippen molar-refractivity contribution in [3.8, 4) is 0 Å². The third kappa shape index (κ3) is 3.57. The van der Waals surface area contributed by atoms with E-state index in [2.05, 4.69) is 10.3 Å². The maximum absolute atomic E-state index is 13.1. The zero-order valence-corrected chi connectivity index (χ0v) is 15.0. The van der Waals surface area contributed by atoms with Crippen LogP contribution in [0.15, 0.2) is 24.3 Å². The van der Waals surface area contributed by atoms with Crippen molar-refractivity contribution in [3.05, 3.63) is 41.1 Å². The number of benzene rings is 1. The average molecular weight is 340 g/mol. The van der Waals surface area contributed by atoms with Gasteiger partial charge in [0.15, 0.2) is 0 Å². The first-order valence-electron chi connectivity index (χ1n) is 8.69. The smallest absolute Gasteiger partial charge is 0.317 e. The molecule has 2 aromatic rings. The third-order valence-electron chi connectivity index (χ3n) is 4.50. The zero-order valence-electron chi connectivity index (χ0n) is 15.0. The van der Waals surface area contributed by atoms with Crippen molar-refractivity contribution in [2.45, 2.75) is 20.8 Å². The van der Waals surface area contributed by atoms with Crippen molar-refractivity contribution in [2.24, 2.45) is 0 Å². The molecule has 1 aliphatic heterocycles. The number of nitrogens with one attached hydrogen (secondary N) is 1. The van der Waals surface area contributed by atoms with Gasteiger partial charge in [0.05, 0.1) is 11.1 Å². The number of hydrogen-bond acceptors (Lipinski definition) is 3. The number of hydrogen-bond donors (Lipinski definition) is 1. The van der Waals surface area contributed by atoms with E-state index in [1.165, 1.54) is 0 Å². The van der Waals surface area contributed by atoms with Crippen molar-refractivity contribution in [3.63, 3.8) is 0 Å². The average Bonchev–Trinajstić information content (AvgIpc) is 2.61. The monoisotopic (exact) mass is 340 g/mol. The highest BCUT2D eigenvalue weighted by Crippen LogP contribution is 2.22. The van der Waals surface area contributed by atoms with Crippen molar-refractivity contribution in [1.82, 2.24) is 20.1 Å². The van der Waals surface area contributed by atoms with Crippen molar-refractivity contribution >= 4 is 22.8 Å². The summed E-state index contributed by atoms with van der Waals surface area (Å²) in [7, 11) is 0. The number of piperazine rings is 1. The van der Waals surface area contributed by atoms with Gasteiger partial charge in [0.25, 0.3) is 5.91 Å². The fourth-order valence-electron chi connectivity index (χ4n) is 3.19. The summed E-state index contributed by atoms with van der Waals surface area (Å²) < 4.78 is 0. The maximum atomic E-state index is 13.1. The minimum atomic E-state index is -0.0598. The van der Waals surface area contributed by atoms with E-state index in [1.807, 2.05) is 49.9 Å². The van der Waals surface area contributed by atoms with Gasteiger partial charge in [-0.2, -0.15) is 0 Å². The summed E-state index contributed by atoms with van der Waals surface area (Å²) in [5, 5.41) is 3.69. The van der Waals surface area contributed by atoms with Crippen LogP contribution in [-0.2, 0) is 0 Å². The minimum Gasteiger partial charge on any atom is -0.338 e. The number of amides is 3. The van der Waals surface area contributed by atoms with Gasteiger partial charge in [0.1, 0.15) is 0 Å². The number of aromatic nitrogens is 1. The molecule has 1 fully saturated rings. The van der Waals surface area contributed by atoms with E-state index in [9.17, 15) is 9.59 Å². The molecule has 6 nitrogen and oxygen atoms in total. The van der Waals surface area contributed by atoms with Gasteiger partial charge < -0.3 is 15.1 Å². The quantitative estimate of drug-likeness (QED) is 0.912. The molecule has 0 radical (unpaired) electrons. The van der Waals surface area contributed by atoms with E-state index >= 15 is 0 Å². The van der Waals surface area contributed by atoms with Crippen LogP contribution in [0.4, 0.5) is 4.79 Å². The molecule has 2 heterocycles. The summed E-state index contributed by atoms with van der Waals surface area (Å²) in [6.07, 6.45) is 0. The van der Waals surface area contributed by atoms with Crippen molar-refractivity contribution in [2.75, 3.05) is 32.7 Å². The van der Waals surface area contributed by atoms with E-state index in [-0.39, 0.29) is 11.9 Å². The molecule has 0 unspecified atom stereocenters. The Balaban J connectivity index is 1.81. The fraction of sp³-hybridized carbons (Fsp3) is 0.421. The van der Waals surface area contributed by atoms with Gasteiger partial charge in [-0.3, -0.25) is 9.78 Å². The normalized spacial score (nSPS) is 14.7. The zero-order chi connectivity index (χ0) is 18.0. The Morgan fingerprint density at radius 2 is 1.76 bits per heavy atom. The first-order chi connectivity index (χ1) is 12.0. The molecule has 1 aliphatic rings. The molecule has 0 saturated carbocycles. The lowest BCUT2D eigenvalue weighted by molar-refractivity contribution is 0.0667. The number of rotatable bonds is 2. The number of aryl methyl sites for hydroxylation is 2. The molecule has 25 heavy (non-hydrogen) atoms. The first-order valence-corrected chi connectivity index (χ1v) is 8.69. The number of pyridine rings is 1. The van der Waals surface area contributed by atoms with E-state index in [1.54, 1.807) is 4.90 Å². The van der Waals surface area contributed by atoms with Gasteiger partial charge in [-0.25, -0.2) is 4.79 Å². The number of urea groups is 1. The third-order valence-corrected chi connectivity index (χ3v) is 4.50. The molecule has 1 N–H and O–H groups in total. The lowest BCUT2D eigenvalue weighted by atomic mass is 10.0. The Kier molecular flexibility index (Phi) is 4.88. The number of nitrogens with zero attached hydrogens (tertiary/aromatic N) is 3. The van der Waals surface area contributed by atoms with Gasteiger partial charge in [0.2, 0.25) is 0 Å². The van der Waals surface area contributed by atoms with Crippen LogP contribution in [0, 0.1) is 13.8 Å². The number of carbonyl (C=O) groups is 2. The molecule has 132 valence electrons. The van der Waals surface area contributed by atoms with Crippen LogP contribution in [0.1, 0.15) is 28.5 Å². The van der Waals surface area contributed by atoms with Gasteiger partial charge in [-0.05, 0) is 39.0 Å². The lowest BCUT2D eigenvalue weighted by Gasteiger charge is -2.34. The second kappa shape index (κ2) is 7.09. The minimum absolute atomic E-state index is 0.0108. The SMILES string of the molecule is CCNC(=O)N1CCN(C(=O)c2cc(C)nc3ccc(C)cc23)CC1. The predicted octanol–water partition coefficient (Wildman–Crippen LogP) is 2.34. The summed E-state index contributed by atoms with van der Waals surface area (Å²) in [6.45, 7) is 8.63. The molecule has 6 heteroatoms. The van der Waals surface area contributed by atoms with Crippen LogP contribution in [-0.4, -0.2) is 59.4 Å². The number of carbonyl (C=O) groups excluding carboxylic acids is 2. The van der Waals surface area contributed by atoms with Crippen LogP contribution < -0.4 is 5.32 Å². The molecular weight excluding hydrogens is 316 g/mol. The van der Waals surface area contributed by atoms with Crippen molar-refractivity contribution < 1.29 is 9.59 Å². The van der Waals surface area contributed by atoms with Gasteiger partial charge in [0, 0.05) is 43.8 Å². The molecule has 1 aromatic heterocycles. The van der Waals surface area contributed by atoms with Crippen LogP contribution in [0.5, 0.6) is 0 Å². The molecule has 0 bridgehead atoms. The topological polar surface area (TPSA) is 65.5 Å². The van der Waals surface area contributed by atoms with Crippen LogP contribution >= 0.6 is 0 Å². The molecule has 3 amide bonds. The Hall–Kier alpha value is -2.63. The molecular formula is C19H24N4O2. The lowest BCUT2D eigenvalue weighted by Crippen LogP contribution is -2.53. The van der Waals surface area contributed by atoms with E-state index in [0.717, 1.165) is 22.2 Å². The molecule has 0 atom stereocenters. The summed E-state index contributed by atoms with van der Waals surface area (Å²) in [5.41, 5.74) is 3.47. The van der Waals surface area contributed by atoms with Gasteiger partial charge in [-0.1, -0.05) is 11.6 Å². The molecule has 0 spiro atoms. The summed E-state index contributed by atoms with van der Waals surface area (Å²) >= 11 is 0. The van der Waals surface area contributed by atoms with E-state index < -0.39 is 0 Å². The molecule has 3 rings (SSSR count). The molecule has 0 aliphatic carbocycles. The standard InChI is InChI=1S/C19H24N4O2/c1-4-20-19(25)23-9-7-22(8-10-23)18(24)16-12-14(3)21-17-6-5-13(2)11-15(16)17/h5-6,11-12H,4,7-10H2,1-3H3,(H,20,25). The van der Waals surface area contributed by atoms with Crippen LogP contribution in [0.3, 0.4) is 0 Å². The second-order valence-corrected chi connectivity index (χ2v) is 6.45. The predicted molar refractivity (Wildman–Crippen MR) is 97.8 cm³/mol. The molecule has 1 saturated heterocycles. The maximum Gasteiger partial charge on any atom is 0.317 e. The van der Waals surface area contributed by atoms with Crippen molar-refractivity contribution in [1.29, 1.82) is 0 Å². The first kappa shape index (κ1) is 17.2. The van der Waals surface area contributed by atoms with Gasteiger partial charge >= 0.3 is 6.03 Å². The summed E-state index contributed by atoms with van der Waals surface area (Å²) in [4.78, 5) is 33.1. The summed E-state index contributed by atoms with van der Waals surface area (Å²) in [6, 6.07) is 7.78. The second-order valence-electron chi connectivity index (χ2n) is 6.45. The Labute approximate surface area is 147 Å². The highest BCUT2D eigenvalue weighted by Gasteiger charge is 2.25. The highest BCUT2D eigenvalue weighted by atomic mass is 16.2. The fourth-order valence-corrected chi connectivity index (χ4v) is 3.19. The van der Waals surface area contributed by atoms with E-state index in [0.29, 0.717) is 38.3 Å². The Morgan fingerprint density at radius 3 is 2.44 bits per heavy atom. The van der Waals surface area contributed by atoms with E-state index in [4.69, 9.17) is 0 Å². The largest absolute Gasteiger partial charge is 0.338 e. The highest BCUT2D eigenvalue weighted by molar-refractivity contribution is 6.06. The van der Waals surface area contributed by atoms with Crippen LogP contribution in [0.2, 0.25) is 0 Å². The number of fused-ring (bicyclic) bond motifs is 1. The molecule has 1 aromatic carbocycles. The van der Waals surface area contributed by atoms with Crippen LogP contribution in [0.25, 0.3) is 10.9 Å². The van der Waals surface area contributed by atoms with Gasteiger partial charge in [-0.15, -0.1) is 0 Å². The Bertz CT molecular complexity index is 810. The Morgan fingerprint density at radius 1 is 1.08 bits per heavy atom.